The molecule has 0 spiro atoms. The number of aryl methyl sites for hydroxylation is 2. The molecule has 0 radical (unpaired) electrons. The number of thiophene rings is 1. The number of aromatic nitrogens is 2. The molecule has 8 nitrogen and oxygen atoms in total. The Morgan fingerprint density at radius 2 is 2.14 bits per heavy atom. The highest BCUT2D eigenvalue weighted by atomic mass is 32.2. The summed E-state index contributed by atoms with van der Waals surface area (Å²) in [5, 5.41) is 14.1. The van der Waals surface area contributed by atoms with E-state index < -0.39 is 10.2 Å². The lowest BCUT2D eigenvalue weighted by atomic mass is 10.2. The fourth-order valence-electron chi connectivity index (χ4n) is 2.83. The molecule has 1 N–H and O–H groups in total. The van der Waals surface area contributed by atoms with Crippen LogP contribution in [-0.2, 0) is 11.3 Å². The van der Waals surface area contributed by atoms with Gasteiger partial charge < -0.3 is 5.32 Å². The van der Waals surface area contributed by atoms with Gasteiger partial charge in [-0.2, -0.15) is 0 Å². The summed E-state index contributed by atoms with van der Waals surface area (Å²) >= 11 is 2.66. The highest BCUT2D eigenvalue weighted by molar-refractivity contribution is 8.00. The van der Waals surface area contributed by atoms with Gasteiger partial charge in [0.1, 0.15) is 4.83 Å². The second-order valence-electron chi connectivity index (χ2n) is 6.46. The van der Waals surface area contributed by atoms with E-state index in [9.17, 15) is 19.7 Å². The highest BCUT2D eigenvalue weighted by Gasteiger charge is 2.21. The molecule has 0 aliphatic heterocycles. The Bertz CT molecular complexity index is 1170. The lowest BCUT2D eigenvalue weighted by Gasteiger charge is -2.14. The van der Waals surface area contributed by atoms with Gasteiger partial charge in [-0.25, -0.2) is 4.98 Å². The molecule has 3 aromatic rings. The Balaban J connectivity index is 1.86. The monoisotopic (exact) mass is 432 g/mol. The summed E-state index contributed by atoms with van der Waals surface area (Å²) in [7, 11) is 0. The molecule has 2 heterocycles. The standard InChI is InChI=1S/C19H20N4O4S2/c1-5-22-18(25)15-10(2)11(3)28-17(15)21-19(22)29-12(4)16(24)20-13-7-6-8-14(9-13)23(26)27/h6-9,12H,5H2,1-4H3,(H,20,24)/t12-/m0/s1. The third-order valence-electron chi connectivity index (χ3n) is 4.55. The fraction of sp³-hybridized carbons (Fsp3) is 0.316. The van der Waals surface area contributed by atoms with Crippen molar-refractivity contribution in [1.82, 2.24) is 9.55 Å². The predicted molar refractivity (Wildman–Crippen MR) is 116 cm³/mol. The zero-order valence-electron chi connectivity index (χ0n) is 16.4. The van der Waals surface area contributed by atoms with Gasteiger partial charge in [-0.15, -0.1) is 11.3 Å². The lowest BCUT2D eigenvalue weighted by Crippen LogP contribution is -2.26. The third kappa shape index (κ3) is 4.18. The number of amides is 1. The quantitative estimate of drug-likeness (QED) is 0.272. The summed E-state index contributed by atoms with van der Waals surface area (Å²) in [5.41, 5.74) is 1.08. The number of rotatable bonds is 6. The number of hydrogen-bond donors (Lipinski definition) is 1. The SMILES string of the molecule is CCn1c(S[C@@H](C)C(=O)Nc2cccc([N+](=O)[O-])c2)nc2sc(C)c(C)c2c1=O. The van der Waals surface area contributed by atoms with Crippen molar-refractivity contribution in [1.29, 1.82) is 0 Å². The van der Waals surface area contributed by atoms with Crippen molar-refractivity contribution in [2.45, 2.75) is 44.6 Å². The molecule has 1 amide bonds. The number of carbonyl (C=O) groups is 1. The largest absolute Gasteiger partial charge is 0.325 e. The number of thioether (sulfide) groups is 1. The highest BCUT2D eigenvalue weighted by Crippen LogP contribution is 2.30. The van der Waals surface area contributed by atoms with E-state index in [0.29, 0.717) is 27.6 Å². The minimum atomic E-state index is -0.557. The molecule has 0 aliphatic carbocycles. The number of carbonyl (C=O) groups excluding carboxylic acids is 1. The molecule has 0 saturated heterocycles. The summed E-state index contributed by atoms with van der Waals surface area (Å²) < 4.78 is 1.57. The number of nitrogens with zero attached hydrogens (tertiary/aromatic N) is 3. The molecule has 1 aromatic carbocycles. The van der Waals surface area contributed by atoms with Crippen LogP contribution in [0.5, 0.6) is 0 Å². The van der Waals surface area contributed by atoms with Gasteiger partial charge in [0.25, 0.3) is 11.2 Å². The smallest absolute Gasteiger partial charge is 0.271 e. The van der Waals surface area contributed by atoms with Crippen LogP contribution in [0.25, 0.3) is 10.2 Å². The molecule has 0 unspecified atom stereocenters. The molecule has 0 aliphatic rings. The van der Waals surface area contributed by atoms with Gasteiger partial charge in [-0.1, -0.05) is 17.8 Å². The van der Waals surface area contributed by atoms with Crippen LogP contribution in [0.4, 0.5) is 11.4 Å². The van der Waals surface area contributed by atoms with E-state index in [2.05, 4.69) is 10.3 Å². The Morgan fingerprint density at radius 1 is 1.41 bits per heavy atom. The summed E-state index contributed by atoms with van der Waals surface area (Å²) in [4.78, 5) is 42.2. The van der Waals surface area contributed by atoms with Crippen molar-refractivity contribution in [3.8, 4) is 0 Å². The maximum Gasteiger partial charge on any atom is 0.271 e. The number of nitro benzene ring substituents is 1. The lowest BCUT2D eigenvalue weighted by molar-refractivity contribution is -0.384. The average molecular weight is 433 g/mol. The van der Waals surface area contributed by atoms with Gasteiger partial charge >= 0.3 is 0 Å². The average Bonchev–Trinajstić information content (AvgIpc) is 2.96. The summed E-state index contributed by atoms with van der Waals surface area (Å²) in [6, 6.07) is 5.76. The van der Waals surface area contributed by atoms with E-state index >= 15 is 0 Å². The predicted octanol–water partition coefficient (Wildman–Crippen LogP) is 4.12. The number of nitro groups is 1. The third-order valence-corrected chi connectivity index (χ3v) is 6.74. The number of hydrogen-bond acceptors (Lipinski definition) is 7. The molecule has 0 saturated carbocycles. The fourth-order valence-corrected chi connectivity index (χ4v) is 4.87. The zero-order valence-corrected chi connectivity index (χ0v) is 18.0. The Hall–Kier alpha value is -2.72. The van der Waals surface area contributed by atoms with Crippen molar-refractivity contribution in [3.63, 3.8) is 0 Å². The normalized spacial score (nSPS) is 12.1. The van der Waals surface area contributed by atoms with Crippen LogP contribution in [-0.4, -0.2) is 25.6 Å². The Kier molecular flexibility index (Phi) is 6.04. The van der Waals surface area contributed by atoms with Crippen molar-refractivity contribution < 1.29 is 9.72 Å². The van der Waals surface area contributed by atoms with Crippen molar-refractivity contribution in [2.75, 3.05) is 5.32 Å². The van der Waals surface area contributed by atoms with Gasteiger partial charge in [0.05, 0.1) is 15.6 Å². The van der Waals surface area contributed by atoms with Gasteiger partial charge in [0.15, 0.2) is 5.16 Å². The van der Waals surface area contributed by atoms with Crippen LogP contribution >= 0.6 is 23.1 Å². The molecular formula is C19H20N4O4S2. The van der Waals surface area contributed by atoms with Crippen LogP contribution in [0.1, 0.15) is 24.3 Å². The summed E-state index contributed by atoms with van der Waals surface area (Å²) in [6.45, 7) is 7.89. The summed E-state index contributed by atoms with van der Waals surface area (Å²) in [6.07, 6.45) is 0. The van der Waals surface area contributed by atoms with E-state index in [1.807, 2.05) is 20.8 Å². The number of fused-ring (bicyclic) bond motifs is 1. The van der Waals surface area contributed by atoms with Crippen LogP contribution in [0.3, 0.4) is 0 Å². The first-order valence-electron chi connectivity index (χ1n) is 8.95. The topological polar surface area (TPSA) is 107 Å². The van der Waals surface area contributed by atoms with Crippen LogP contribution < -0.4 is 10.9 Å². The molecular weight excluding hydrogens is 412 g/mol. The van der Waals surface area contributed by atoms with Crippen LogP contribution in [0.15, 0.2) is 34.2 Å². The van der Waals surface area contributed by atoms with E-state index in [4.69, 9.17) is 0 Å². The number of benzene rings is 1. The van der Waals surface area contributed by atoms with Crippen LogP contribution in [0.2, 0.25) is 0 Å². The van der Waals surface area contributed by atoms with E-state index in [1.54, 1.807) is 17.6 Å². The van der Waals surface area contributed by atoms with E-state index in [-0.39, 0.29) is 17.2 Å². The summed E-state index contributed by atoms with van der Waals surface area (Å²) in [5.74, 6) is -0.328. The minimum Gasteiger partial charge on any atom is -0.325 e. The van der Waals surface area contributed by atoms with Crippen molar-refractivity contribution >= 4 is 50.6 Å². The number of nitrogens with one attached hydrogen (secondary N) is 1. The first-order valence-corrected chi connectivity index (χ1v) is 10.6. The minimum absolute atomic E-state index is 0.0986. The van der Waals surface area contributed by atoms with Crippen molar-refractivity contribution in [2.24, 2.45) is 0 Å². The van der Waals surface area contributed by atoms with Crippen LogP contribution in [0, 0.1) is 24.0 Å². The van der Waals surface area contributed by atoms with Gasteiger partial charge in [-0.3, -0.25) is 24.3 Å². The molecule has 3 rings (SSSR count). The molecule has 10 heteroatoms. The maximum absolute atomic E-state index is 12.9. The van der Waals surface area contributed by atoms with E-state index in [1.165, 1.54) is 41.3 Å². The first kappa shape index (κ1) is 21.0. The molecule has 29 heavy (non-hydrogen) atoms. The van der Waals surface area contributed by atoms with Crippen molar-refractivity contribution in [3.05, 3.63) is 55.2 Å². The Labute approximate surface area is 175 Å². The van der Waals surface area contributed by atoms with E-state index in [0.717, 1.165) is 10.4 Å². The zero-order chi connectivity index (χ0) is 21.3. The van der Waals surface area contributed by atoms with Gasteiger partial charge in [-0.05, 0) is 39.3 Å². The van der Waals surface area contributed by atoms with Gasteiger partial charge in [0, 0.05) is 29.2 Å². The maximum atomic E-state index is 12.9. The first-order chi connectivity index (χ1) is 13.7. The molecule has 152 valence electrons. The molecule has 2 aromatic heterocycles. The molecule has 0 fully saturated rings. The molecule has 0 bridgehead atoms. The van der Waals surface area contributed by atoms with Gasteiger partial charge in [0.2, 0.25) is 5.91 Å². The number of anilines is 1. The molecule has 1 atom stereocenters. The second kappa shape index (κ2) is 8.34. The second-order valence-corrected chi connectivity index (χ2v) is 8.98. The number of non-ortho nitro benzene ring substituents is 1. The Morgan fingerprint density at radius 3 is 2.79 bits per heavy atom.